The number of carbonyl (C=O) groups is 1. The second-order valence-corrected chi connectivity index (χ2v) is 5.32. The molecule has 2 rings (SSSR count). The number of carbonyl (C=O) groups excluding carboxylic acids is 1. The topological polar surface area (TPSA) is 47.6 Å². The molecular weight excluding hydrogens is 268 g/mol. The Balaban J connectivity index is 2.35. The van der Waals surface area contributed by atoms with Crippen LogP contribution < -0.4 is 14.8 Å². The van der Waals surface area contributed by atoms with Crippen molar-refractivity contribution in [2.75, 3.05) is 7.11 Å². The molecule has 1 aromatic rings. The number of rotatable bonds is 4. The molecule has 1 heterocycles. The van der Waals surface area contributed by atoms with E-state index in [2.05, 4.69) is 10.1 Å². The predicted octanol–water partition coefficient (Wildman–Crippen LogP) is 2.68. The van der Waals surface area contributed by atoms with Crippen molar-refractivity contribution in [1.82, 2.24) is 5.32 Å². The van der Waals surface area contributed by atoms with Crippen LogP contribution in [0.4, 0.5) is 8.78 Å². The maximum atomic E-state index is 12.4. The van der Waals surface area contributed by atoms with Crippen LogP contribution in [0, 0.1) is 0 Å². The van der Waals surface area contributed by atoms with Crippen LogP contribution in [0.15, 0.2) is 18.2 Å². The lowest BCUT2D eigenvalue weighted by Crippen LogP contribution is -2.38. The molecule has 1 aromatic carbocycles. The van der Waals surface area contributed by atoms with Gasteiger partial charge in [0.2, 0.25) is 5.91 Å². The van der Waals surface area contributed by atoms with Crippen LogP contribution in [0.5, 0.6) is 11.5 Å². The van der Waals surface area contributed by atoms with Gasteiger partial charge in [-0.2, -0.15) is 8.78 Å². The maximum Gasteiger partial charge on any atom is 0.387 e. The smallest absolute Gasteiger partial charge is 0.387 e. The molecule has 1 N–H and O–H groups in total. The number of nitrogens with one attached hydrogen (secondary N) is 1. The van der Waals surface area contributed by atoms with E-state index in [-0.39, 0.29) is 23.3 Å². The first-order valence-corrected chi connectivity index (χ1v) is 6.27. The minimum Gasteiger partial charge on any atom is -0.493 e. The van der Waals surface area contributed by atoms with Crippen molar-refractivity contribution in [3.63, 3.8) is 0 Å². The summed E-state index contributed by atoms with van der Waals surface area (Å²) < 4.78 is 34.3. The molecule has 1 saturated heterocycles. The zero-order chi connectivity index (χ0) is 14.9. The number of alkyl halides is 2. The lowest BCUT2D eigenvalue weighted by Gasteiger charge is -2.27. The van der Waals surface area contributed by atoms with Gasteiger partial charge in [0.15, 0.2) is 11.5 Å². The molecule has 1 fully saturated rings. The molecule has 1 amide bonds. The van der Waals surface area contributed by atoms with Gasteiger partial charge in [0.05, 0.1) is 7.11 Å². The fraction of sp³-hybridized carbons (Fsp3) is 0.500. The Morgan fingerprint density at radius 2 is 2.05 bits per heavy atom. The third-order valence-electron chi connectivity index (χ3n) is 3.53. The second kappa shape index (κ2) is 5.26. The first-order valence-electron chi connectivity index (χ1n) is 6.27. The molecule has 0 aromatic heterocycles. The Kier molecular flexibility index (Phi) is 3.83. The van der Waals surface area contributed by atoms with Gasteiger partial charge < -0.3 is 14.8 Å². The third kappa shape index (κ3) is 2.84. The van der Waals surface area contributed by atoms with Gasteiger partial charge in [0.25, 0.3) is 0 Å². The van der Waals surface area contributed by atoms with Crippen molar-refractivity contribution >= 4 is 5.91 Å². The monoisotopic (exact) mass is 285 g/mol. The van der Waals surface area contributed by atoms with Crippen molar-refractivity contribution < 1.29 is 23.0 Å². The highest BCUT2D eigenvalue weighted by atomic mass is 19.3. The molecule has 4 nitrogen and oxygen atoms in total. The van der Waals surface area contributed by atoms with Crippen molar-refractivity contribution in [2.24, 2.45) is 0 Å². The quantitative estimate of drug-likeness (QED) is 0.925. The summed E-state index contributed by atoms with van der Waals surface area (Å²) in [6.07, 6.45) is 0.327. The van der Waals surface area contributed by atoms with Gasteiger partial charge >= 0.3 is 6.61 Å². The summed E-state index contributed by atoms with van der Waals surface area (Å²) in [5.74, 6) is 0.0763. The fourth-order valence-corrected chi connectivity index (χ4v) is 2.57. The van der Waals surface area contributed by atoms with Crippen LogP contribution in [0.1, 0.15) is 31.7 Å². The van der Waals surface area contributed by atoms with E-state index in [1.807, 2.05) is 13.8 Å². The van der Waals surface area contributed by atoms with Crippen LogP contribution >= 0.6 is 0 Å². The highest BCUT2D eigenvalue weighted by molar-refractivity contribution is 5.81. The minimum absolute atomic E-state index is 0.0184. The van der Waals surface area contributed by atoms with Crippen molar-refractivity contribution in [3.8, 4) is 11.5 Å². The van der Waals surface area contributed by atoms with Gasteiger partial charge in [-0.3, -0.25) is 4.79 Å². The number of amides is 1. The number of halogens is 2. The standard InChI is InChI=1S/C14H17F2NO3/c1-14(2)9(7-12(18)17-14)8-4-5-10(19-3)11(6-8)20-13(15)16/h4-6,9,13H,7H2,1-3H3,(H,17,18). The lowest BCUT2D eigenvalue weighted by atomic mass is 9.83. The molecule has 1 aliphatic heterocycles. The minimum atomic E-state index is -2.92. The molecule has 0 saturated carbocycles. The Hall–Kier alpha value is -1.85. The molecule has 0 bridgehead atoms. The predicted molar refractivity (Wildman–Crippen MR) is 69.2 cm³/mol. The largest absolute Gasteiger partial charge is 0.493 e. The molecular formula is C14H17F2NO3. The fourth-order valence-electron chi connectivity index (χ4n) is 2.57. The summed E-state index contributed by atoms with van der Waals surface area (Å²) in [5, 5.41) is 2.87. The highest BCUT2D eigenvalue weighted by Gasteiger charge is 2.40. The number of methoxy groups -OCH3 is 1. The molecule has 1 atom stereocenters. The van der Waals surface area contributed by atoms with E-state index in [1.54, 1.807) is 12.1 Å². The molecule has 6 heteroatoms. The van der Waals surface area contributed by atoms with E-state index >= 15 is 0 Å². The summed E-state index contributed by atoms with van der Waals surface area (Å²) in [4.78, 5) is 11.5. The Morgan fingerprint density at radius 3 is 2.55 bits per heavy atom. The molecule has 0 spiro atoms. The van der Waals surface area contributed by atoms with Crippen LogP contribution in [0.25, 0.3) is 0 Å². The highest BCUT2D eigenvalue weighted by Crippen LogP contribution is 2.40. The third-order valence-corrected chi connectivity index (χ3v) is 3.53. The average Bonchev–Trinajstić information content (AvgIpc) is 2.61. The van der Waals surface area contributed by atoms with Crippen molar-refractivity contribution in [1.29, 1.82) is 0 Å². The molecule has 0 radical (unpaired) electrons. The molecule has 0 aliphatic carbocycles. The lowest BCUT2D eigenvalue weighted by molar-refractivity contribution is -0.119. The summed E-state index contributed by atoms with van der Waals surface area (Å²) in [5.41, 5.74) is 0.345. The molecule has 1 aliphatic rings. The zero-order valence-electron chi connectivity index (χ0n) is 11.6. The van der Waals surface area contributed by atoms with Crippen molar-refractivity contribution in [3.05, 3.63) is 23.8 Å². The van der Waals surface area contributed by atoms with Gasteiger partial charge in [-0.25, -0.2) is 0 Å². The van der Waals surface area contributed by atoms with Crippen LogP contribution in [0.3, 0.4) is 0 Å². The van der Waals surface area contributed by atoms with Crippen LogP contribution in [-0.2, 0) is 4.79 Å². The van der Waals surface area contributed by atoms with Crippen molar-refractivity contribution in [2.45, 2.75) is 38.3 Å². The van der Waals surface area contributed by atoms with Gasteiger partial charge in [-0.1, -0.05) is 6.07 Å². The van der Waals surface area contributed by atoms with E-state index < -0.39 is 12.2 Å². The molecule has 20 heavy (non-hydrogen) atoms. The van der Waals surface area contributed by atoms with E-state index in [9.17, 15) is 13.6 Å². The van der Waals surface area contributed by atoms with E-state index in [0.29, 0.717) is 6.42 Å². The summed E-state index contributed by atoms with van der Waals surface area (Å²) in [6, 6.07) is 4.85. The Labute approximate surface area is 116 Å². The number of benzene rings is 1. The number of hydrogen-bond acceptors (Lipinski definition) is 3. The Bertz CT molecular complexity index is 517. The van der Waals surface area contributed by atoms with E-state index in [4.69, 9.17) is 4.74 Å². The normalized spacial score (nSPS) is 20.9. The summed E-state index contributed by atoms with van der Waals surface area (Å²) >= 11 is 0. The molecule has 1 unspecified atom stereocenters. The number of ether oxygens (including phenoxy) is 2. The summed E-state index contributed by atoms with van der Waals surface area (Å²) in [7, 11) is 1.39. The average molecular weight is 285 g/mol. The van der Waals surface area contributed by atoms with E-state index in [0.717, 1.165) is 5.56 Å². The maximum absolute atomic E-state index is 12.4. The Morgan fingerprint density at radius 1 is 1.35 bits per heavy atom. The second-order valence-electron chi connectivity index (χ2n) is 5.32. The first-order chi connectivity index (χ1) is 9.33. The van der Waals surface area contributed by atoms with Gasteiger partial charge in [-0.05, 0) is 31.5 Å². The zero-order valence-corrected chi connectivity index (χ0v) is 11.6. The first kappa shape index (κ1) is 14.6. The number of hydrogen-bond donors (Lipinski definition) is 1. The molecule has 110 valence electrons. The van der Waals surface area contributed by atoms with E-state index in [1.165, 1.54) is 13.2 Å². The van der Waals surface area contributed by atoms with Gasteiger partial charge in [-0.15, -0.1) is 0 Å². The van der Waals surface area contributed by atoms with Crippen LogP contribution in [-0.4, -0.2) is 25.2 Å². The summed E-state index contributed by atoms with van der Waals surface area (Å²) in [6.45, 7) is 0.886. The van der Waals surface area contributed by atoms with Gasteiger partial charge in [0.1, 0.15) is 0 Å². The SMILES string of the molecule is COc1ccc(C2CC(=O)NC2(C)C)cc1OC(F)F. The van der Waals surface area contributed by atoms with Gasteiger partial charge in [0, 0.05) is 17.9 Å². The van der Waals surface area contributed by atoms with Crippen LogP contribution in [0.2, 0.25) is 0 Å².